The predicted octanol–water partition coefficient (Wildman–Crippen LogP) is 1.00. The van der Waals surface area contributed by atoms with Crippen molar-refractivity contribution >= 4 is 17.5 Å². The van der Waals surface area contributed by atoms with Crippen molar-refractivity contribution in [1.82, 2.24) is 25.1 Å². The number of nitrogens with zero attached hydrogens (tertiary/aromatic N) is 5. The Morgan fingerprint density at radius 2 is 2.14 bits per heavy atom. The summed E-state index contributed by atoms with van der Waals surface area (Å²) in [4.78, 5) is 14.8. The highest BCUT2D eigenvalue weighted by atomic mass is 35.5. The summed E-state index contributed by atoms with van der Waals surface area (Å²) in [6, 6.07) is 7.02. The quantitative estimate of drug-likeness (QED) is 0.769. The maximum Gasteiger partial charge on any atom is 0.246 e. The molecule has 0 aliphatic carbocycles. The molecule has 22 heavy (non-hydrogen) atoms. The SMILES string of the molecule is C=CCN(CCO)C(=O)Cn1nnc(-c2ccc(Cl)cc2)n1. The zero-order valence-electron chi connectivity index (χ0n) is 11.9. The van der Waals surface area contributed by atoms with E-state index >= 15 is 0 Å². The second kappa shape index (κ2) is 7.67. The minimum absolute atomic E-state index is 0.0472. The zero-order valence-corrected chi connectivity index (χ0v) is 12.6. The van der Waals surface area contributed by atoms with Gasteiger partial charge in [0.25, 0.3) is 0 Å². The monoisotopic (exact) mass is 321 g/mol. The van der Waals surface area contributed by atoms with Gasteiger partial charge in [0.1, 0.15) is 6.54 Å². The summed E-state index contributed by atoms with van der Waals surface area (Å²) in [7, 11) is 0. The Morgan fingerprint density at radius 1 is 1.41 bits per heavy atom. The average molecular weight is 322 g/mol. The molecule has 1 heterocycles. The fourth-order valence-electron chi connectivity index (χ4n) is 1.84. The predicted molar refractivity (Wildman–Crippen MR) is 82.1 cm³/mol. The number of hydrogen-bond acceptors (Lipinski definition) is 5. The molecule has 116 valence electrons. The normalized spacial score (nSPS) is 10.5. The minimum Gasteiger partial charge on any atom is -0.395 e. The number of hydrogen-bond donors (Lipinski definition) is 1. The third-order valence-electron chi connectivity index (χ3n) is 2.90. The van der Waals surface area contributed by atoms with Crippen LogP contribution in [0.25, 0.3) is 11.4 Å². The van der Waals surface area contributed by atoms with Crippen molar-refractivity contribution < 1.29 is 9.90 Å². The van der Waals surface area contributed by atoms with Crippen LogP contribution in [-0.4, -0.2) is 55.8 Å². The van der Waals surface area contributed by atoms with E-state index < -0.39 is 0 Å². The average Bonchev–Trinajstić information content (AvgIpc) is 2.96. The van der Waals surface area contributed by atoms with E-state index in [1.165, 1.54) is 9.70 Å². The van der Waals surface area contributed by atoms with Gasteiger partial charge in [0.05, 0.1) is 6.61 Å². The lowest BCUT2D eigenvalue weighted by atomic mass is 10.2. The fraction of sp³-hybridized carbons (Fsp3) is 0.286. The van der Waals surface area contributed by atoms with Crippen molar-refractivity contribution in [2.75, 3.05) is 19.7 Å². The molecule has 2 aromatic rings. The van der Waals surface area contributed by atoms with Crippen molar-refractivity contribution in [2.24, 2.45) is 0 Å². The highest BCUT2D eigenvalue weighted by Crippen LogP contribution is 2.16. The van der Waals surface area contributed by atoms with Gasteiger partial charge in [-0.15, -0.1) is 16.8 Å². The summed E-state index contributed by atoms with van der Waals surface area (Å²) < 4.78 is 0. The summed E-state index contributed by atoms with van der Waals surface area (Å²) in [5.74, 6) is 0.205. The molecule has 0 unspecified atom stereocenters. The Morgan fingerprint density at radius 3 is 2.77 bits per heavy atom. The maximum absolute atomic E-state index is 12.1. The minimum atomic E-state index is -0.214. The number of aromatic nitrogens is 4. The Bertz CT molecular complexity index is 641. The summed E-state index contributed by atoms with van der Waals surface area (Å²) in [5.41, 5.74) is 0.765. The van der Waals surface area contributed by atoms with E-state index in [1.54, 1.807) is 30.3 Å². The molecule has 2 rings (SSSR count). The van der Waals surface area contributed by atoms with Crippen molar-refractivity contribution in [3.05, 3.63) is 41.9 Å². The first-order chi connectivity index (χ1) is 10.6. The summed E-state index contributed by atoms with van der Waals surface area (Å²) in [6.07, 6.45) is 1.60. The number of tetrazole rings is 1. The van der Waals surface area contributed by atoms with E-state index in [9.17, 15) is 4.79 Å². The van der Waals surface area contributed by atoms with Crippen LogP contribution >= 0.6 is 11.6 Å². The first-order valence-electron chi connectivity index (χ1n) is 6.67. The number of carbonyl (C=O) groups is 1. The van der Waals surface area contributed by atoms with Gasteiger partial charge in [0, 0.05) is 23.7 Å². The molecule has 1 N–H and O–H groups in total. The van der Waals surface area contributed by atoms with Crippen LogP contribution in [0.15, 0.2) is 36.9 Å². The molecule has 1 aromatic heterocycles. The van der Waals surface area contributed by atoms with Gasteiger partial charge in [-0.25, -0.2) is 0 Å². The standard InChI is InChI=1S/C14H16ClN5O2/c1-2-7-19(8-9-21)13(22)10-20-17-14(16-18-20)11-3-5-12(15)6-4-11/h2-6,21H,1,7-10H2. The Kier molecular flexibility index (Phi) is 5.62. The molecule has 1 amide bonds. The lowest BCUT2D eigenvalue weighted by molar-refractivity contribution is -0.132. The van der Waals surface area contributed by atoms with Crippen LogP contribution in [0.5, 0.6) is 0 Å². The van der Waals surface area contributed by atoms with Crippen LogP contribution in [0.2, 0.25) is 5.02 Å². The second-order valence-corrected chi connectivity index (χ2v) is 4.94. The van der Waals surface area contributed by atoms with E-state index in [0.29, 0.717) is 17.4 Å². The lowest BCUT2D eigenvalue weighted by Crippen LogP contribution is -2.36. The molecule has 0 saturated carbocycles. The van der Waals surface area contributed by atoms with Gasteiger partial charge in [-0.3, -0.25) is 4.79 Å². The molecular formula is C14H16ClN5O2. The third kappa shape index (κ3) is 4.12. The third-order valence-corrected chi connectivity index (χ3v) is 3.16. The lowest BCUT2D eigenvalue weighted by Gasteiger charge is -2.19. The van der Waals surface area contributed by atoms with Crippen LogP contribution in [0.1, 0.15) is 0 Å². The topological polar surface area (TPSA) is 84.1 Å². The van der Waals surface area contributed by atoms with Gasteiger partial charge in [-0.05, 0) is 29.5 Å². The largest absolute Gasteiger partial charge is 0.395 e. The Hall–Kier alpha value is -2.25. The Balaban J connectivity index is 2.06. The highest BCUT2D eigenvalue weighted by Gasteiger charge is 2.14. The van der Waals surface area contributed by atoms with Crippen LogP contribution in [0.3, 0.4) is 0 Å². The molecule has 0 fully saturated rings. The molecule has 8 heteroatoms. The first-order valence-corrected chi connectivity index (χ1v) is 7.05. The number of rotatable bonds is 7. The van der Waals surface area contributed by atoms with Crippen LogP contribution in [-0.2, 0) is 11.3 Å². The first kappa shape index (κ1) is 16.1. The summed E-state index contributed by atoms with van der Waals surface area (Å²) in [6.45, 7) is 4.03. The number of benzene rings is 1. The number of amides is 1. The molecular weight excluding hydrogens is 306 g/mol. The molecule has 0 aliphatic rings. The van der Waals surface area contributed by atoms with E-state index in [1.807, 2.05) is 0 Å². The molecule has 7 nitrogen and oxygen atoms in total. The van der Waals surface area contributed by atoms with Gasteiger partial charge in [-0.1, -0.05) is 17.7 Å². The van der Waals surface area contributed by atoms with E-state index in [2.05, 4.69) is 22.0 Å². The number of carbonyl (C=O) groups excluding carboxylic acids is 1. The van der Waals surface area contributed by atoms with Crippen LogP contribution in [0, 0.1) is 0 Å². The molecule has 0 aliphatic heterocycles. The number of aliphatic hydroxyl groups is 1. The maximum atomic E-state index is 12.1. The van der Waals surface area contributed by atoms with Crippen molar-refractivity contribution in [1.29, 1.82) is 0 Å². The van der Waals surface area contributed by atoms with Gasteiger partial charge in [0.2, 0.25) is 11.7 Å². The number of aliphatic hydroxyl groups excluding tert-OH is 1. The molecule has 0 atom stereocenters. The van der Waals surface area contributed by atoms with Crippen molar-refractivity contribution in [3.63, 3.8) is 0 Å². The zero-order chi connectivity index (χ0) is 15.9. The van der Waals surface area contributed by atoms with E-state index in [4.69, 9.17) is 16.7 Å². The van der Waals surface area contributed by atoms with Gasteiger partial charge in [0.15, 0.2) is 0 Å². The van der Waals surface area contributed by atoms with Gasteiger partial charge in [-0.2, -0.15) is 4.80 Å². The molecule has 0 bridgehead atoms. The van der Waals surface area contributed by atoms with Gasteiger partial charge >= 0.3 is 0 Å². The fourth-order valence-corrected chi connectivity index (χ4v) is 1.97. The molecule has 0 saturated heterocycles. The summed E-state index contributed by atoms with van der Waals surface area (Å²) in [5, 5.41) is 21.5. The van der Waals surface area contributed by atoms with Crippen LogP contribution in [0.4, 0.5) is 0 Å². The Labute approximate surface area is 132 Å². The van der Waals surface area contributed by atoms with Crippen molar-refractivity contribution in [2.45, 2.75) is 6.54 Å². The highest BCUT2D eigenvalue weighted by molar-refractivity contribution is 6.30. The number of halogens is 1. The van der Waals surface area contributed by atoms with E-state index in [0.717, 1.165) is 5.56 Å². The van der Waals surface area contributed by atoms with Crippen LogP contribution < -0.4 is 0 Å². The smallest absolute Gasteiger partial charge is 0.246 e. The molecule has 1 aromatic carbocycles. The van der Waals surface area contributed by atoms with E-state index in [-0.39, 0.29) is 25.6 Å². The molecule has 0 spiro atoms. The van der Waals surface area contributed by atoms with Crippen molar-refractivity contribution in [3.8, 4) is 11.4 Å². The second-order valence-electron chi connectivity index (χ2n) is 4.50. The molecule has 0 radical (unpaired) electrons. The van der Waals surface area contributed by atoms with Gasteiger partial charge < -0.3 is 10.0 Å². The summed E-state index contributed by atoms with van der Waals surface area (Å²) >= 11 is 5.83.